The Morgan fingerprint density at radius 1 is 1.61 bits per heavy atom. The zero-order valence-electron chi connectivity index (χ0n) is 10.5. The van der Waals surface area contributed by atoms with Crippen molar-refractivity contribution >= 4 is 21.4 Å². The summed E-state index contributed by atoms with van der Waals surface area (Å²) >= 11 is 1.40. The maximum Gasteiger partial charge on any atom is 0.244 e. The predicted molar refractivity (Wildman–Crippen MR) is 71.1 cm³/mol. The quantitative estimate of drug-likeness (QED) is 0.895. The lowest BCUT2D eigenvalue weighted by atomic mass is 10.3. The summed E-state index contributed by atoms with van der Waals surface area (Å²) in [6.07, 6.45) is 0.747. The van der Waals surface area contributed by atoms with Crippen LogP contribution in [0.25, 0.3) is 0 Å². The summed E-state index contributed by atoms with van der Waals surface area (Å²) in [7, 11) is -1.85. The van der Waals surface area contributed by atoms with E-state index < -0.39 is 10.0 Å². The van der Waals surface area contributed by atoms with Gasteiger partial charge in [0.05, 0.1) is 12.6 Å². The Kier molecular flexibility index (Phi) is 4.08. The third-order valence-corrected chi connectivity index (χ3v) is 6.63. The highest BCUT2D eigenvalue weighted by atomic mass is 32.2. The number of nitrogens with two attached hydrogens (primary N) is 1. The van der Waals surface area contributed by atoms with Crippen LogP contribution >= 0.6 is 11.3 Å². The van der Waals surface area contributed by atoms with Crippen molar-refractivity contribution in [3.8, 4) is 0 Å². The number of thiophene rings is 1. The smallest absolute Gasteiger partial charge is 0.244 e. The Balaban J connectivity index is 2.37. The molecule has 18 heavy (non-hydrogen) atoms. The van der Waals surface area contributed by atoms with Crippen LogP contribution < -0.4 is 5.73 Å². The fourth-order valence-electron chi connectivity index (χ4n) is 2.12. The maximum absolute atomic E-state index is 12.6. The van der Waals surface area contributed by atoms with Crippen molar-refractivity contribution in [3.63, 3.8) is 0 Å². The van der Waals surface area contributed by atoms with E-state index in [0.29, 0.717) is 18.1 Å². The molecule has 1 aromatic heterocycles. The van der Waals surface area contributed by atoms with Crippen molar-refractivity contribution in [2.75, 3.05) is 20.3 Å². The van der Waals surface area contributed by atoms with E-state index in [2.05, 4.69) is 0 Å². The van der Waals surface area contributed by atoms with E-state index in [1.807, 2.05) is 12.3 Å². The van der Waals surface area contributed by atoms with E-state index >= 15 is 0 Å². The maximum atomic E-state index is 12.6. The van der Waals surface area contributed by atoms with E-state index in [1.165, 1.54) is 15.6 Å². The molecule has 1 fully saturated rings. The third-order valence-electron chi connectivity index (χ3n) is 3.23. The minimum atomic E-state index is -3.47. The summed E-state index contributed by atoms with van der Waals surface area (Å²) in [6.45, 7) is 3.15. The molecule has 0 saturated carbocycles. The molecule has 0 amide bonds. The van der Waals surface area contributed by atoms with Crippen LogP contribution in [0.3, 0.4) is 0 Å². The first-order chi connectivity index (χ1) is 8.48. The zero-order chi connectivity index (χ0) is 13.3. The fraction of sp³-hybridized carbons (Fsp3) is 0.636. The van der Waals surface area contributed by atoms with Crippen molar-refractivity contribution in [1.29, 1.82) is 0 Å². The van der Waals surface area contributed by atoms with E-state index in [9.17, 15) is 8.42 Å². The Labute approximate surface area is 112 Å². The standard InChI is InChI=1S/C11H18N2O3S2/c1-8-7-17-10(5-12)11(8)18(14,15)13(2)9-3-4-16-6-9/h7,9H,3-6,12H2,1-2H3. The molecule has 0 aromatic carbocycles. The number of nitrogens with zero attached hydrogens (tertiary/aromatic N) is 1. The van der Waals surface area contributed by atoms with Crippen LogP contribution in [0.2, 0.25) is 0 Å². The zero-order valence-corrected chi connectivity index (χ0v) is 12.2. The second kappa shape index (κ2) is 5.26. The van der Waals surface area contributed by atoms with E-state index in [-0.39, 0.29) is 12.6 Å². The fourth-order valence-corrected chi connectivity index (χ4v) is 5.14. The number of sulfonamides is 1. The van der Waals surface area contributed by atoms with Gasteiger partial charge in [0.2, 0.25) is 10.0 Å². The number of likely N-dealkylation sites (N-methyl/N-ethyl adjacent to an activating group) is 1. The Bertz CT molecular complexity index is 518. The third kappa shape index (κ3) is 2.33. The average Bonchev–Trinajstić information content (AvgIpc) is 2.96. The van der Waals surface area contributed by atoms with Crippen molar-refractivity contribution < 1.29 is 13.2 Å². The van der Waals surface area contributed by atoms with Gasteiger partial charge < -0.3 is 10.5 Å². The molecule has 0 spiro atoms. The van der Waals surface area contributed by atoms with Crippen LogP contribution in [0.15, 0.2) is 10.3 Å². The first-order valence-electron chi connectivity index (χ1n) is 5.81. The molecule has 0 aliphatic carbocycles. The second-order valence-corrected chi connectivity index (χ2v) is 7.31. The Morgan fingerprint density at radius 3 is 2.89 bits per heavy atom. The molecular weight excluding hydrogens is 272 g/mol. The lowest BCUT2D eigenvalue weighted by Crippen LogP contribution is -2.37. The van der Waals surface area contributed by atoms with Gasteiger partial charge in [-0.25, -0.2) is 8.42 Å². The van der Waals surface area contributed by atoms with Crippen LogP contribution in [0.5, 0.6) is 0 Å². The summed E-state index contributed by atoms with van der Waals surface area (Å²) < 4.78 is 31.9. The van der Waals surface area contributed by atoms with E-state index in [0.717, 1.165) is 16.9 Å². The molecular formula is C11H18N2O3S2. The summed E-state index contributed by atoms with van der Waals surface area (Å²) in [4.78, 5) is 1.10. The predicted octanol–water partition coefficient (Wildman–Crippen LogP) is 0.925. The average molecular weight is 290 g/mol. The molecule has 102 valence electrons. The summed E-state index contributed by atoms with van der Waals surface area (Å²) in [5.74, 6) is 0. The first kappa shape index (κ1) is 14.0. The van der Waals surface area contributed by atoms with Crippen molar-refractivity contribution in [2.45, 2.75) is 30.8 Å². The molecule has 2 rings (SSSR count). The minimum Gasteiger partial charge on any atom is -0.380 e. The van der Waals surface area contributed by atoms with Crippen LogP contribution in [0.4, 0.5) is 0 Å². The van der Waals surface area contributed by atoms with Crippen LogP contribution in [0.1, 0.15) is 16.9 Å². The van der Waals surface area contributed by atoms with Gasteiger partial charge in [0.15, 0.2) is 0 Å². The normalized spacial score (nSPS) is 20.8. The van der Waals surface area contributed by atoms with Gasteiger partial charge in [-0.1, -0.05) is 0 Å². The monoisotopic (exact) mass is 290 g/mol. The van der Waals surface area contributed by atoms with Crippen LogP contribution in [0, 0.1) is 6.92 Å². The molecule has 2 heterocycles. The molecule has 0 bridgehead atoms. The van der Waals surface area contributed by atoms with Gasteiger partial charge in [-0.2, -0.15) is 4.31 Å². The van der Waals surface area contributed by atoms with Gasteiger partial charge in [-0.05, 0) is 24.3 Å². The van der Waals surface area contributed by atoms with Crippen LogP contribution in [-0.4, -0.2) is 39.0 Å². The summed E-state index contributed by atoms with van der Waals surface area (Å²) in [6, 6.07) is -0.0695. The molecule has 0 radical (unpaired) electrons. The lowest BCUT2D eigenvalue weighted by molar-refractivity contribution is 0.181. The topological polar surface area (TPSA) is 72.6 Å². The highest BCUT2D eigenvalue weighted by molar-refractivity contribution is 7.89. The highest BCUT2D eigenvalue weighted by Gasteiger charge is 2.33. The molecule has 1 aliphatic rings. The Morgan fingerprint density at radius 2 is 2.33 bits per heavy atom. The molecule has 1 saturated heterocycles. The first-order valence-corrected chi connectivity index (χ1v) is 8.13. The summed E-state index contributed by atoms with van der Waals surface area (Å²) in [5.41, 5.74) is 6.39. The SMILES string of the molecule is Cc1csc(CN)c1S(=O)(=O)N(C)C1CCOC1. The molecule has 7 heteroatoms. The van der Waals surface area contributed by atoms with Crippen molar-refractivity contribution in [1.82, 2.24) is 4.31 Å². The van der Waals surface area contributed by atoms with E-state index in [1.54, 1.807) is 7.05 Å². The van der Waals surface area contributed by atoms with E-state index in [4.69, 9.17) is 10.5 Å². The number of hydrogen-bond donors (Lipinski definition) is 1. The van der Waals surface area contributed by atoms with Crippen molar-refractivity contribution in [2.24, 2.45) is 5.73 Å². The molecule has 5 nitrogen and oxygen atoms in total. The number of ether oxygens (including phenoxy) is 1. The summed E-state index contributed by atoms with van der Waals surface area (Å²) in [5, 5.41) is 1.84. The second-order valence-electron chi connectivity index (χ2n) is 4.41. The van der Waals surface area contributed by atoms with Gasteiger partial charge in [0.25, 0.3) is 0 Å². The number of aryl methyl sites for hydroxylation is 1. The van der Waals surface area contributed by atoms with Gasteiger partial charge in [-0.15, -0.1) is 11.3 Å². The molecule has 1 aromatic rings. The van der Waals surface area contributed by atoms with Gasteiger partial charge >= 0.3 is 0 Å². The number of rotatable bonds is 4. The minimum absolute atomic E-state index is 0.0695. The molecule has 1 aliphatic heterocycles. The Hall–Kier alpha value is -0.470. The lowest BCUT2D eigenvalue weighted by Gasteiger charge is -2.23. The van der Waals surface area contributed by atoms with Gasteiger partial charge in [0, 0.05) is 25.1 Å². The molecule has 1 atom stereocenters. The molecule has 2 N–H and O–H groups in total. The largest absolute Gasteiger partial charge is 0.380 e. The van der Waals surface area contributed by atoms with Gasteiger partial charge in [-0.3, -0.25) is 0 Å². The van der Waals surface area contributed by atoms with Crippen LogP contribution in [-0.2, 0) is 21.3 Å². The van der Waals surface area contributed by atoms with Crippen molar-refractivity contribution in [3.05, 3.63) is 15.8 Å². The van der Waals surface area contributed by atoms with Gasteiger partial charge in [0.1, 0.15) is 4.90 Å². The highest BCUT2D eigenvalue weighted by Crippen LogP contribution is 2.30. The molecule has 1 unspecified atom stereocenters. The number of hydrogen-bond acceptors (Lipinski definition) is 5.